The summed E-state index contributed by atoms with van der Waals surface area (Å²) in [5, 5.41) is 5.22. The molecule has 0 spiro atoms. The van der Waals surface area contributed by atoms with Crippen LogP contribution in [0.3, 0.4) is 0 Å². The van der Waals surface area contributed by atoms with Gasteiger partial charge < -0.3 is 34.6 Å². The summed E-state index contributed by atoms with van der Waals surface area (Å²) in [5.41, 5.74) is -1.16. The number of sulfonamides is 1. The van der Waals surface area contributed by atoms with Gasteiger partial charge in [-0.1, -0.05) is 0 Å². The number of nitrogens with zero attached hydrogens (tertiary/aromatic N) is 2. The Morgan fingerprint density at radius 3 is 1.68 bits per heavy atom. The van der Waals surface area contributed by atoms with Crippen molar-refractivity contribution in [3.05, 3.63) is 30.1 Å². The number of rotatable bonds is 16. The first-order valence-electron chi connectivity index (χ1n) is 19.6. The fourth-order valence-corrected chi connectivity index (χ4v) is 7.80. The number of hydrogen-bond acceptors (Lipinski definition) is 10. The maximum atomic E-state index is 13.6. The van der Waals surface area contributed by atoms with Gasteiger partial charge in [-0.3, -0.25) is 14.4 Å². The van der Waals surface area contributed by atoms with E-state index in [0.29, 0.717) is 50.9 Å². The molecular formula is C39H62FN5O10S. The largest absolute Gasteiger partial charge is 0.465 e. The van der Waals surface area contributed by atoms with E-state index >= 15 is 0 Å². The Morgan fingerprint density at radius 2 is 1.25 bits per heavy atom. The second-order valence-electron chi connectivity index (χ2n) is 16.6. The molecule has 1 aromatic rings. The Hall–Kier alpha value is -3.99. The molecule has 3 N–H and O–H groups in total. The van der Waals surface area contributed by atoms with Crippen LogP contribution in [0.2, 0.25) is 0 Å². The molecule has 1 atom stereocenters. The molecule has 15 nitrogen and oxygen atoms in total. The second kappa shape index (κ2) is 21.0. The monoisotopic (exact) mass is 811 g/mol. The fourth-order valence-electron chi connectivity index (χ4n) is 6.62. The number of amides is 4. The summed E-state index contributed by atoms with van der Waals surface area (Å²) in [7, 11) is -4.28. The van der Waals surface area contributed by atoms with Crippen LogP contribution in [0.4, 0.5) is 14.0 Å². The molecule has 2 heterocycles. The van der Waals surface area contributed by atoms with E-state index in [9.17, 15) is 36.8 Å². The molecule has 2 saturated heterocycles. The van der Waals surface area contributed by atoms with Crippen LogP contribution in [0.15, 0.2) is 29.2 Å². The summed E-state index contributed by atoms with van der Waals surface area (Å²) in [6.07, 6.45) is 5.16. The van der Waals surface area contributed by atoms with Crippen molar-refractivity contribution in [1.29, 1.82) is 0 Å². The smallest absolute Gasteiger partial charge is 0.410 e. The van der Waals surface area contributed by atoms with Crippen molar-refractivity contribution in [3.8, 4) is 0 Å². The van der Waals surface area contributed by atoms with E-state index < -0.39 is 64.0 Å². The Morgan fingerprint density at radius 1 is 0.786 bits per heavy atom. The van der Waals surface area contributed by atoms with E-state index in [2.05, 4.69) is 15.4 Å². The van der Waals surface area contributed by atoms with E-state index in [1.807, 2.05) is 41.5 Å². The molecule has 0 unspecified atom stereocenters. The van der Waals surface area contributed by atoms with Gasteiger partial charge in [-0.2, -0.15) is 4.72 Å². The molecule has 56 heavy (non-hydrogen) atoms. The zero-order valence-corrected chi connectivity index (χ0v) is 34.8. The summed E-state index contributed by atoms with van der Waals surface area (Å²) in [6, 6.07) is 2.54. The number of piperidine rings is 2. The molecule has 1 aromatic carbocycles. The Kier molecular flexibility index (Phi) is 17.4. The maximum Gasteiger partial charge on any atom is 0.410 e. The topological polar surface area (TPSA) is 190 Å². The predicted octanol–water partition coefficient (Wildman–Crippen LogP) is 4.74. The van der Waals surface area contributed by atoms with E-state index in [0.717, 1.165) is 62.8 Å². The van der Waals surface area contributed by atoms with Crippen LogP contribution in [-0.4, -0.2) is 111 Å². The van der Waals surface area contributed by atoms with Gasteiger partial charge in [-0.15, -0.1) is 0 Å². The lowest BCUT2D eigenvalue weighted by molar-refractivity contribution is -0.145. The minimum atomic E-state index is -4.28. The van der Waals surface area contributed by atoms with Crippen LogP contribution in [0.5, 0.6) is 0 Å². The third-order valence-corrected chi connectivity index (χ3v) is 11.2. The fraction of sp³-hybridized carbons (Fsp3) is 0.718. The first kappa shape index (κ1) is 46.4. The van der Waals surface area contributed by atoms with Crippen LogP contribution < -0.4 is 15.4 Å². The van der Waals surface area contributed by atoms with E-state index in [1.54, 1.807) is 16.7 Å². The van der Waals surface area contributed by atoms with Gasteiger partial charge in [-0.05, 0) is 136 Å². The molecule has 0 aromatic heterocycles. The number of esters is 1. The lowest BCUT2D eigenvalue weighted by atomic mass is 9.84. The molecule has 0 aliphatic carbocycles. The Labute approximate surface area is 331 Å². The van der Waals surface area contributed by atoms with Gasteiger partial charge in [0.15, 0.2) is 0 Å². The van der Waals surface area contributed by atoms with E-state index in [4.69, 9.17) is 14.2 Å². The SMILES string of the molecule is CCOC(=O)[C@H](CNC(=O)CNC(=O)C(CCC1CCN(C(=O)OC(C)(C)C)CC1)CCC1CCN(C(=O)OC(C)(C)C)CC1)NS(=O)(=O)c1ccc(F)cc1. The number of nitrogens with one attached hydrogen (secondary N) is 3. The van der Waals surface area contributed by atoms with Crippen molar-refractivity contribution in [2.75, 3.05) is 45.9 Å². The molecule has 0 bridgehead atoms. The molecule has 17 heteroatoms. The summed E-state index contributed by atoms with van der Waals surface area (Å²) < 4.78 is 57.4. The minimum Gasteiger partial charge on any atom is -0.465 e. The van der Waals surface area contributed by atoms with E-state index in [-0.39, 0.29) is 29.6 Å². The normalized spacial score (nSPS) is 16.6. The number of halogens is 1. The molecule has 2 aliphatic rings. The molecule has 2 aliphatic heterocycles. The molecular weight excluding hydrogens is 750 g/mol. The predicted molar refractivity (Wildman–Crippen MR) is 206 cm³/mol. The number of likely N-dealkylation sites (tertiary alicyclic amines) is 2. The van der Waals surface area contributed by atoms with Gasteiger partial charge in [0.2, 0.25) is 21.8 Å². The zero-order valence-electron chi connectivity index (χ0n) is 34.0. The number of hydrogen-bond donors (Lipinski definition) is 3. The molecule has 3 rings (SSSR count). The molecule has 4 amide bonds. The van der Waals surface area contributed by atoms with Crippen LogP contribution in [0.1, 0.15) is 99.8 Å². The van der Waals surface area contributed by atoms with Gasteiger partial charge in [-0.25, -0.2) is 22.4 Å². The maximum absolute atomic E-state index is 13.6. The highest BCUT2D eigenvalue weighted by Crippen LogP contribution is 2.30. The van der Waals surface area contributed by atoms with Crippen molar-refractivity contribution < 1.29 is 51.0 Å². The summed E-state index contributed by atoms with van der Waals surface area (Å²) in [5.74, 6) is -2.27. The number of benzene rings is 1. The number of carbonyl (C=O) groups is 5. The molecule has 2 fully saturated rings. The van der Waals surface area contributed by atoms with Crippen molar-refractivity contribution >= 4 is 40.0 Å². The molecule has 0 radical (unpaired) electrons. The minimum absolute atomic E-state index is 0.0370. The van der Waals surface area contributed by atoms with Crippen LogP contribution in [0, 0.1) is 23.6 Å². The molecule has 316 valence electrons. The lowest BCUT2D eigenvalue weighted by Gasteiger charge is -2.34. The zero-order chi connectivity index (χ0) is 41.7. The van der Waals surface area contributed by atoms with Gasteiger partial charge >= 0.3 is 18.2 Å². The first-order valence-corrected chi connectivity index (χ1v) is 21.1. The van der Waals surface area contributed by atoms with Gasteiger partial charge in [0.25, 0.3) is 0 Å². The summed E-state index contributed by atoms with van der Waals surface area (Å²) >= 11 is 0. The quantitative estimate of drug-likeness (QED) is 0.155. The average Bonchev–Trinajstić information content (AvgIpc) is 3.11. The standard InChI is InChI=1S/C39H62FN5O10S/c1-8-53-35(48)32(43-56(51,52)31-15-13-30(40)14-16-31)25-41-33(46)26-42-34(47)29(11-9-27-17-21-44(22-18-27)36(49)54-38(2,3)4)12-10-28-19-23-45(24-20-28)37(50)55-39(5,6)7/h13-16,27-29,32,43H,8-12,17-26H2,1-7H3,(H,41,46)(H,42,47)/t32-/m0/s1. The van der Waals surface area contributed by atoms with Crippen LogP contribution in [-0.2, 0) is 38.6 Å². The highest BCUT2D eigenvalue weighted by Gasteiger charge is 2.31. The molecule has 0 saturated carbocycles. The van der Waals surface area contributed by atoms with Gasteiger partial charge in [0.05, 0.1) is 18.0 Å². The van der Waals surface area contributed by atoms with Crippen molar-refractivity contribution in [2.45, 2.75) is 122 Å². The van der Waals surface area contributed by atoms with Crippen molar-refractivity contribution in [3.63, 3.8) is 0 Å². The van der Waals surface area contributed by atoms with E-state index in [1.165, 1.54) is 0 Å². The summed E-state index contributed by atoms with van der Waals surface area (Å²) in [6.45, 7) is 13.9. The Balaban J connectivity index is 1.58. The van der Waals surface area contributed by atoms with Crippen LogP contribution >= 0.6 is 0 Å². The van der Waals surface area contributed by atoms with Crippen LogP contribution in [0.25, 0.3) is 0 Å². The van der Waals surface area contributed by atoms with Crippen molar-refractivity contribution in [1.82, 2.24) is 25.2 Å². The third kappa shape index (κ3) is 16.2. The van der Waals surface area contributed by atoms with Gasteiger partial charge in [0.1, 0.15) is 23.1 Å². The summed E-state index contributed by atoms with van der Waals surface area (Å²) in [4.78, 5) is 67.4. The van der Waals surface area contributed by atoms with Crippen molar-refractivity contribution in [2.24, 2.45) is 17.8 Å². The first-order chi connectivity index (χ1) is 26.2. The highest BCUT2D eigenvalue weighted by molar-refractivity contribution is 7.89. The number of carbonyl (C=O) groups excluding carboxylic acids is 5. The average molecular weight is 812 g/mol. The third-order valence-electron chi connectivity index (χ3n) is 9.67. The number of ether oxygens (including phenoxy) is 3. The lowest BCUT2D eigenvalue weighted by Crippen LogP contribution is -2.50. The van der Waals surface area contributed by atoms with Gasteiger partial charge in [0, 0.05) is 38.6 Å². The highest BCUT2D eigenvalue weighted by atomic mass is 32.2. The second-order valence-corrected chi connectivity index (χ2v) is 18.3. The Bertz CT molecular complexity index is 1530.